The molecule has 0 saturated carbocycles. The van der Waals surface area contributed by atoms with Gasteiger partial charge in [-0.05, 0) is 31.8 Å². The van der Waals surface area contributed by atoms with E-state index in [1.54, 1.807) is 24.3 Å². The first-order valence-corrected chi connectivity index (χ1v) is 8.15. The molecule has 4 heteroatoms. The van der Waals surface area contributed by atoms with Crippen molar-refractivity contribution in [3.8, 4) is 0 Å². The lowest BCUT2D eigenvalue weighted by Crippen LogP contribution is -2.27. The minimum absolute atomic E-state index is 0.0774. The molecule has 106 valence electrons. The van der Waals surface area contributed by atoms with E-state index in [1.165, 1.54) is 0 Å². The van der Waals surface area contributed by atoms with Crippen LogP contribution < -0.4 is 0 Å². The summed E-state index contributed by atoms with van der Waals surface area (Å²) < 4.78 is 25.0. The van der Waals surface area contributed by atoms with Crippen molar-refractivity contribution in [2.75, 3.05) is 19.8 Å². The molecular weight excluding hydrogens is 270 g/mol. The van der Waals surface area contributed by atoms with E-state index in [0.29, 0.717) is 4.90 Å². The second kappa shape index (κ2) is 6.20. The van der Waals surface area contributed by atoms with Gasteiger partial charge in [0.25, 0.3) is 0 Å². The van der Waals surface area contributed by atoms with Crippen LogP contribution in [0.15, 0.2) is 65.6 Å². The molecule has 0 saturated heterocycles. The Hall–Kier alpha value is -1.65. The summed E-state index contributed by atoms with van der Waals surface area (Å²) in [5.41, 5.74) is 1.01. The monoisotopic (exact) mass is 289 g/mol. The van der Waals surface area contributed by atoms with E-state index < -0.39 is 9.84 Å². The predicted molar refractivity (Wildman–Crippen MR) is 81.4 cm³/mol. The molecule has 2 rings (SSSR count). The Morgan fingerprint density at radius 1 is 0.900 bits per heavy atom. The van der Waals surface area contributed by atoms with Crippen LogP contribution in [0.25, 0.3) is 0 Å². The Morgan fingerprint density at radius 3 is 1.90 bits per heavy atom. The van der Waals surface area contributed by atoms with E-state index in [0.717, 1.165) is 5.56 Å². The van der Waals surface area contributed by atoms with Crippen LogP contribution in [0.4, 0.5) is 0 Å². The summed E-state index contributed by atoms with van der Waals surface area (Å²) in [6.45, 7) is 0. The Bertz CT molecular complexity index is 637. The smallest absolute Gasteiger partial charge is 0.180 e. The van der Waals surface area contributed by atoms with E-state index in [9.17, 15) is 8.42 Å². The molecule has 0 aliphatic rings. The summed E-state index contributed by atoms with van der Waals surface area (Å²) in [6, 6.07) is 18.2. The summed E-state index contributed by atoms with van der Waals surface area (Å²) in [7, 11) is 0.508. The highest BCUT2D eigenvalue weighted by Gasteiger charge is 2.23. The van der Waals surface area contributed by atoms with Gasteiger partial charge in [-0.1, -0.05) is 48.5 Å². The van der Waals surface area contributed by atoms with Gasteiger partial charge in [0.1, 0.15) is 0 Å². The van der Waals surface area contributed by atoms with Gasteiger partial charge < -0.3 is 4.90 Å². The Morgan fingerprint density at radius 2 is 1.40 bits per heavy atom. The molecule has 0 aromatic heterocycles. The van der Waals surface area contributed by atoms with Gasteiger partial charge in [0.2, 0.25) is 0 Å². The minimum Gasteiger partial charge on any atom is -0.301 e. The van der Waals surface area contributed by atoms with Crippen molar-refractivity contribution in [3.63, 3.8) is 0 Å². The number of benzene rings is 2. The zero-order chi connectivity index (χ0) is 14.6. The summed E-state index contributed by atoms with van der Waals surface area (Å²) in [4.78, 5) is 2.32. The molecule has 0 aliphatic carbocycles. The van der Waals surface area contributed by atoms with Crippen LogP contribution in [0, 0.1) is 0 Å². The van der Waals surface area contributed by atoms with Crippen LogP contribution in [-0.4, -0.2) is 33.2 Å². The van der Waals surface area contributed by atoms with Crippen molar-refractivity contribution in [3.05, 3.63) is 66.2 Å². The maximum absolute atomic E-state index is 12.5. The summed E-state index contributed by atoms with van der Waals surface area (Å²) in [5, 5.41) is 0. The first-order valence-electron chi connectivity index (χ1n) is 6.50. The summed E-state index contributed by atoms with van der Waals surface area (Å²) >= 11 is 0. The van der Waals surface area contributed by atoms with Gasteiger partial charge in [0.05, 0.1) is 10.6 Å². The first kappa shape index (κ1) is 14.8. The molecule has 3 nitrogen and oxygen atoms in total. The standard InChI is InChI=1S/C16H19NO2S/c1-17(2)16(14-9-5-3-6-10-14)13-20(18,19)15-11-7-4-8-12-15/h3-12,16H,13H2,1-2H3. The average Bonchev–Trinajstić information content (AvgIpc) is 2.46. The van der Waals surface area contributed by atoms with Gasteiger partial charge in [-0.3, -0.25) is 0 Å². The van der Waals surface area contributed by atoms with Gasteiger partial charge in [0.15, 0.2) is 9.84 Å². The Balaban J connectivity index is 2.30. The van der Waals surface area contributed by atoms with Gasteiger partial charge in [0, 0.05) is 6.04 Å². The van der Waals surface area contributed by atoms with Gasteiger partial charge in [-0.15, -0.1) is 0 Å². The van der Waals surface area contributed by atoms with Crippen molar-refractivity contribution in [1.82, 2.24) is 4.90 Å². The van der Waals surface area contributed by atoms with E-state index in [2.05, 4.69) is 0 Å². The Kier molecular flexibility index (Phi) is 4.57. The normalized spacial score (nSPS) is 13.3. The van der Waals surface area contributed by atoms with Crippen molar-refractivity contribution in [1.29, 1.82) is 0 Å². The third-order valence-electron chi connectivity index (χ3n) is 3.29. The predicted octanol–water partition coefficient (Wildman–Crippen LogP) is 2.76. The summed E-state index contributed by atoms with van der Waals surface area (Å²) in [6.07, 6.45) is 0. The molecule has 0 aliphatic heterocycles. The molecule has 0 spiro atoms. The molecule has 2 aromatic carbocycles. The van der Waals surface area contributed by atoms with E-state index >= 15 is 0 Å². The number of hydrogen-bond donors (Lipinski definition) is 0. The molecule has 2 aromatic rings. The molecule has 0 N–H and O–H groups in total. The minimum atomic E-state index is -3.29. The van der Waals surface area contributed by atoms with Crippen LogP contribution in [-0.2, 0) is 9.84 Å². The lowest BCUT2D eigenvalue weighted by atomic mass is 10.1. The first-order chi connectivity index (χ1) is 9.50. The van der Waals surface area contributed by atoms with E-state index in [1.807, 2.05) is 55.4 Å². The highest BCUT2D eigenvalue weighted by Crippen LogP contribution is 2.23. The molecule has 0 bridgehead atoms. The fourth-order valence-electron chi connectivity index (χ4n) is 2.15. The molecule has 1 unspecified atom stereocenters. The van der Waals surface area contributed by atoms with Crippen LogP contribution in [0.1, 0.15) is 11.6 Å². The number of sulfone groups is 1. The number of hydrogen-bond acceptors (Lipinski definition) is 3. The SMILES string of the molecule is CN(C)C(CS(=O)(=O)c1ccccc1)c1ccccc1. The van der Waals surface area contributed by atoms with Crippen LogP contribution in [0.5, 0.6) is 0 Å². The molecule has 0 radical (unpaired) electrons. The quantitative estimate of drug-likeness (QED) is 0.849. The Labute approximate surface area is 120 Å². The van der Waals surface area contributed by atoms with Crippen molar-refractivity contribution in [2.24, 2.45) is 0 Å². The van der Waals surface area contributed by atoms with Gasteiger partial charge >= 0.3 is 0 Å². The van der Waals surface area contributed by atoms with Crippen LogP contribution in [0.2, 0.25) is 0 Å². The second-order valence-electron chi connectivity index (χ2n) is 4.98. The number of rotatable bonds is 5. The van der Waals surface area contributed by atoms with Crippen LogP contribution >= 0.6 is 0 Å². The summed E-state index contributed by atoms with van der Waals surface area (Å²) in [5.74, 6) is 0.0774. The molecule has 0 amide bonds. The van der Waals surface area contributed by atoms with Gasteiger partial charge in [-0.25, -0.2) is 8.42 Å². The van der Waals surface area contributed by atoms with Crippen LogP contribution in [0.3, 0.4) is 0 Å². The zero-order valence-corrected chi connectivity index (χ0v) is 12.5. The molecule has 0 fully saturated rings. The van der Waals surface area contributed by atoms with E-state index in [-0.39, 0.29) is 11.8 Å². The van der Waals surface area contributed by atoms with Gasteiger partial charge in [-0.2, -0.15) is 0 Å². The average molecular weight is 289 g/mol. The number of nitrogens with zero attached hydrogens (tertiary/aromatic N) is 1. The molecule has 1 atom stereocenters. The fraction of sp³-hybridized carbons (Fsp3) is 0.250. The maximum atomic E-state index is 12.5. The molecule has 20 heavy (non-hydrogen) atoms. The zero-order valence-electron chi connectivity index (χ0n) is 11.7. The topological polar surface area (TPSA) is 37.4 Å². The molecule has 0 heterocycles. The van der Waals surface area contributed by atoms with E-state index in [4.69, 9.17) is 0 Å². The fourth-order valence-corrected chi connectivity index (χ4v) is 3.82. The molecular formula is C16H19NO2S. The second-order valence-corrected chi connectivity index (χ2v) is 7.02. The highest BCUT2D eigenvalue weighted by atomic mass is 32.2. The van der Waals surface area contributed by atoms with Crippen molar-refractivity contribution >= 4 is 9.84 Å². The third kappa shape index (κ3) is 3.46. The van der Waals surface area contributed by atoms with Crippen molar-refractivity contribution in [2.45, 2.75) is 10.9 Å². The van der Waals surface area contributed by atoms with Crippen molar-refractivity contribution < 1.29 is 8.42 Å². The lowest BCUT2D eigenvalue weighted by molar-refractivity contribution is 0.322. The lowest BCUT2D eigenvalue weighted by Gasteiger charge is -2.24. The maximum Gasteiger partial charge on any atom is 0.180 e. The third-order valence-corrected chi connectivity index (χ3v) is 5.03. The largest absolute Gasteiger partial charge is 0.301 e. The highest BCUT2D eigenvalue weighted by molar-refractivity contribution is 7.91.